The first-order valence-electron chi connectivity index (χ1n) is 17.0. The minimum absolute atomic E-state index is 0.186. The van der Waals surface area contributed by atoms with Gasteiger partial charge in [0.15, 0.2) is 0 Å². The highest BCUT2D eigenvalue weighted by Gasteiger charge is 2.39. The van der Waals surface area contributed by atoms with Crippen LogP contribution in [0.3, 0.4) is 0 Å². The summed E-state index contributed by atoms with van der Waals surface area (Å²) in [5.41, 5.74) is 4.46. The van der Waals surface area contributed by atoms with E-state index >= 15 is 0 Å². The molecule has 0 aliphatic carbocycles. The van der Waals surface area contributed by atoms with Gasteiger partial charge in [-0.15, -0.1) is 0 Å². The Morgan fingerprint density at radius 1 is 0.451 bits per heavy atom. The summed E-state index contributed by atoms with van der Waals surface area (Å²) in [6.07, 6.45) is 0. The number of carbonyl (C=O) groups is 4. The highest BCUT2D eigenvalue weighted by atomic mass is 127. The predicted molar refractivity (Wildman–Crippen MR) is 213 cm³/mol. The van der Waals surface area contributed by atoms with Crippen molar-refractivity contribution in [2.24, 2.45) is 0 Å². The fraction of sp³-hybridized carbons (Fsp3) is 0.182. The number of rotatable bonds is 2. The van der Waals surface area contributed by atoms with Crippen LogP contribution in [0.5, 0.6) is 0 Å². The van der Waals surface area contributed by atoms with E-state index in [4.69, 9.17) is 0 Å². The quantitative estimate of drug-likeness (QED) is 0.0758. The maximum absolute atomic E-state index is 14.6. The molecule has 0 unspecified atom stereocenters. The molecule has 2 aliphatic heterocycles. The van der Waals surface area contributed by atoms with Crippen LogP contribution in [-0.4, -0.2) is 23.6 Å². The van der Waals surface area contributed by atoms with Crippen molar-refractivity contribution >= 4 is 101 Å². The third-order valence-corrected chi connectivity index (χ3v) is 11.4. The molecule has 6 nitrogen and oxygen atoms in total. The first-order chi connectivity index (χ1) is 24.2. The van der Waals surface area contributed by atoms with Crippen LogP contribution in [0, 0.1) is 3.57 Å². The molecule has 0 atom stereocenters. The Morgan fingerprint density at radius 3 is 1.25 bits per heavy atom. The Kier molecular flexibility index (Phi) is 6.52. The maximum atomic E-state index is 14.6. The van der Waals surface area contributed by atoms with Crippen molar-refractivity contribution in [3.05, 3.63) is 128 Å². The van der Waals surface area contributed by atoms with Crippen LogP contribution in [0.15, 0.2) is 91.0 Å². The molecule has 9 rings (SSSR count). The van der Waals surface area contributed by atoms with E-state index in [9.17, 15) is 19.2 Å². The van der Waals surface area contributed by atoms with Gasteiger partial charge in [0.1, 0.15) is 0 Å². The van der Waals surface area contributed by atoms with E-state index in [1.54, 1.807) is 24.3 Å². The van der Waals surface area contributed by atoms with Crippen LogP contribution >= 0.6 is 22.6 Å². The van der Waals surface area contributed by atoms with Crippen LogP contribution in [0.2, 0.25) is 0 Å². The summed E-state index contributed by atoms with van der Waals surface area (Å²) in [6, 6.07) is 28.5. The van der Waals surface area contributed by atoms with Crippen molar-refractivity contribution in [2.75, 3.05) is 9.80 Å². The molecule has 4 amide bonds. The molecular formula is C44H33IN2O4. The molecule has 0 saturated heterocycles. The van der Waals surface area contributed by atoms with E-state index in [1.807, 2.05) is 54.6 Å². The summed E-state index contributed by atoms with van der Waals surface area (Å²) in [5.74, 6) is -1.43. The lowest BCUT2D eigenvalue weighted by Gasteiger charge is -2.34. The maximum Gasteiger partial charge on any atom is 0.265 e. The van der Waals surface area contributed by atoms with Crippen LogP contribution in [0.25, 0.3) is 43.1 Å². The van der Waals surface area contributed by atoms with E-state index in [0.717, 1.165) is 47.0 Å². The highest BCUT2D eigenvalue weighted by Crippen LogP contribution is 2.48. The van der Waals surface area contributed by atoms with Crippen molar-refractivity contribution in [1.29, 1.82) is 0 Å². The Labute approximate surface area is 308 Å². The molecule has 0 N–H and O–H groups in total. The van der Waals surface area contributed by atoms with Gasteiger partial charge in [-0.1, -0.05) is 77.9 Å². The minimum atomic E-state index is -0.366. The first-order valence-corrected chi connectivity index (χ1v) is 18.1. The molecule has 7 heteroatoms. The third kappa shape index (κ3) is 4.33. The van der Waals surface area contributed by atoms with Crippen molar-refractivity contribution in [3.8, 4) is 0 Å². The number of amides is 4. The van der Waals surface area contributed by atoms with E-state index in [-0.39, 0.29) is 34.5 Å². The third-order valence-electron chi connectivity index (χ3n) is 10.6. The molecular weight excluding hydrogens is 747 g/mol. The predicted octanol–water partition coefficient (Wildman–Crippen LogP) is 10.5. The number of benzene rings is 7. The first kappa shape index (κ1) is 31.8. The molecule has 0 fully saturated rings. The van der Waals surface area contributed by atoms with Crippen LogP contribution in [-0.2, 0) is 10.8 Å². The summed E-state index contributed by atoms with van der Waals surface area (Å²) >= 11 is 2.20. The zero-order valence-corrected chi connectivity index (χ0v) is 31.2. The average Bonchev–Trinajstić information content (AvgIpc) is 3.09. The second-order valence-electron chi connectivity index (χ2n) is 15.7. The molecule has 2 heterocycles. The Bertz CT molecular complexity index is 2630. The normalized spacial score (nSPS) is 15.0. The molecule has 0 aromatic heterocycles. The molecule has 51 heavy (non-hydrogen) atoms. The molecule has 2 aliphatic rings. The highest BCUT2D eigenvalue weighted by molar-refractivity contribution is 14.1. The number of nitrogens with zero attached hydrogens (tertiary/aromatic N) is 2. The fourth-order valence-electron chi connectivity index (χ4n) is 8.13. The number of carbonyl (C=O) groups excluding carboxylic acids is 4. The van der Waals surface area contributed by atoms with E-state index in [2.05, 4.69) is 76.3 Å². The van der Waals surface area contributed by atoms with Crippen molar-refractivity contribution < 1.29 is 19.2 Å². The van der Waals surface area contributed by atoms with Gasteiger partial charge in [-0.2, -0.15) is 0 Å². The molecule has 0 spiro atoms. The number of hydrogen-bond donors (Lipinski definition) is 0. The lowest BCUT2D eigenvalue weighted by atomic mass is 9.79. The number of fused-ring (bicyclic) bond motifs is 2. The van der Waals surface area contributed by atoms with Gasteiger partial charge in [0.05, 0.1) is 11.4 Å². The van der Waals surface area contributed by atoms with Gasteiger partial charge in [-0.25, -0.2) is 9.80 Å². The minimum Gasteiger partial charge on any atom is -0.268 e. The Morgan fingerprint density at radius 2 is 0.863 bits per heavy atom. The van der Waals surface area contributed by atoms with Gasteiger partial charge < -0.3 is 0 Å². The SMILES string of the molecule is CC(C)(C)c1ccc(C(C)(C)C)c(N2C(=O)c3ccc4c5ccc6c7c(ccc(c8ccc(c3c48)C2=O)c75)C(=O)N(c2ccc(I)cc2)C6=O)c1. The summed E-state index contributed by atoms with van der Waals surface area (Å²) in [4.78, 5) is 59.9. The van der Waals surface area contributed by atoms with Gasteiger partial charge in [-0.3, -0.25) is 19.2 Å². The number of anilines is 2. The van der Waals surface area contributed by atoms with Crippen LogP contribution in [0.1, 0.15) is 94.1 Å². The lowest BCUT2D eigenvalue weighted by molar-refractivity contribution is 0.0877. The monoisotopic (exact) mass is 780 g/mol. The Hall–Kier alpha value is -5.15. The molecule has 0 saturated carbocycles. The van der Waals surface area contributed by atoms with Gasteiger partial charge >= 0.3 is 0 Å². The fourth-order valence-corrected chi connectivity index (χ4v) is 8.49. The number of imide groups is 2. The lowest BCUT2D eigenvalue weighted by Crippen LogP contribution is -2.42. The average molecular weight is 781 g/mol. The van der Waals surface area contributed by atoms with Gasteiger partial charge in [-0.05, 0) is 131 Å². The Balaban J connectivity index is 1.28. The smallest absolute Gasteiger partial charge is 0.265 e. The summed E-state index contributed by atoms with van der Waals surface area (Å²) in [6.45, 7) is 12.7. The van der Waals surface area contributed by atoms with E-state index < -0.39 is 0 Å². The second-order valence-corrected chi connectivity index (χ2v) is 17.0. The van der Waals surface area contributed by atoms with Crippen LogP contribution < -0.4 is 9.80 Å². The molecule has 0 radical (unpaired) electrons. The molecule has 7 aromatic rings. The summed E-state index contributed by atoms with van der Waals surface area (Å²) in [5, 5.41) is 6.37. The zero-order chi connectivity index (χ0) is 35.9. The summed E-state index contributed by atoms with van der Waals surface area (Å²) in [7, 11) is 0. The van der Waals surface area contributed by atoms with Crippen molar-refractivity contribution in [2.45, 2.75) is 52.4 Å². The van der Waals surface area contributed by atoms with Gasteiger partial charge in [0.2, 0.25) is 0 Å². The summed E-state index contributed by atoms with van der Waals surface area (Å²) < 4.78 is 1.01. The van der Waals surface area contributed by atoms with E-state index in [1.165, 1.54) is 9.80 Å². The van der Waals surface area contributed by atoms with Crippen LogP contribution in [0.4, 0.5) is 11.4 Å². The topological polar surface area (TPSA) is 74.8 Å². The molecule has 250 valence electrons. The standard InChI is InChI=1S/C44H33IN2O4/c1-43(2,3)22-7-20-33(44(4,5)6)34(21-22)47-41(50)31-18-14-27-25-12-16-29-37-30(40(49)46(39(29)48)24-10-8-23(45)9-11-24)17-13-26(35(25)37)28-15-19-32(42(47)51)38(31)36(27)28/h7-21H,1-6H3. The van der Waals surface area contributed by atoms with Gasteiger partial charge in [0.25, 0.3) is 23.6 Å². The number of hydrogen-bond acceptors (Lipinski definition) is 4. The molecule has 7 aromatic carbocycles. The molecule has 0 bridgehead atoms. The zero-order valence-electron chi connectivity index (χ0n) is 29.1. The van der Waals surface area contributed by atoms with Gasteiger partial charge in [0, 0.05) is 36.6 Å². The largest absolute Gasteiger partial charge is 0.268 e. The second kappa shape index (κ2) is 10.4. The van der Waals surface area contributed by atoms with Crippen molar-refractivity contribution in [3.63, 3.8) is 0 Å². The van der Waals surface area contributed by atoms with Crippen molar-refractivity contribution in [1.82, 2.24) is 0 Å². The van der Waals surface area contributed by atoms with E-state index in [0.29, 0.717) is 44.4 Å². The number of halogens is 1.